The first kappa shape index (κ1) is 24.8. The van der Waals surface area contributed by atoms with E-state index in [-0.39, 0.29) is 30.6 Å². The lowest BCUT2D eigenvalue weighted by Crippen LogP contribution is -2.35. The fraction of sp³-hybridized carbons (Fsp3) is 0.520. The van der Waals surface area contributed by atoms with Crippen LogP contribution in [0.25, 0.3) is 10.4 Å². The summed E-state index contributed by atoms with van der Waals surface area (Å²) < 4.78 is 26.8. The first-order valence-corrected chi connectivity index (χ1v) is 12.9. The summed E-state index contributed by atoms with van der Waals surface area (Å²) in [6.07, 6.45) is 5.99. The highest BCUT2D eigenvalue weighted by atomic mass is 35.5. The molecule has 1 aromatic carbocycles. The van der Waals surface area contributed by atoms with Gasteiger partial charge in [0.25, 0.3) is 0 Å². The van der Waals surface area contributed by atoms with Crippen LogP contribution in [0.4, 0.5) is 9.18 Å². The smallest absolute Gasteiger partial charge is 0.410 e. The summed E-state index contributed by atoms with van der Waals surface area (Å²) in [5.41, 5.74) is 1.33. The second-order valence-electron chi connectivity index (χ2n) is 9.10. The molecule has 1 aromatic heterocycles. The molecule has 0 radical (unpaired) electrons. The molecule has 184 valence electrons. The number of carboxylic acid groups (broad SMARTS) is 1. The lowest BCUT2D eigenvalue weighted by Gasteiger charge is -2.27. The van der Waals surface area contributed by atoms with E-state index in [0.29, 0.717) is 34.7 Å². The van der Waals surface area contributed by atoms with E-state index in [9.17, 15) is 19.1 Å². The van der Waals surface area contributed by atoms with Crippen LogP contribution in [-0.4, -0.2) is 41.3 Å². The van der Waals surface area contributed by atoms with Crippen LogP contribution < -0.4 is 4.74 Å². The van der Waals surface area contributed by atoms with Gasteiger partial charge in [-0.15, -0.1) is 11.3 Å². The quantitative estimate of drug-likeness (QED) is 0.447. The number of carboxylic acids is 1. The van der Waals surface area contributed by atoms with Gasteiger partial charge in [-0.2, -0.15) is 0 Å². The Morgan fingerprint density at radius 2 is 1.94 bits per heavy atom. The molecule has 1 heterocycles. The highest BCUT2D eigenvalue weighted by Gasteiger charge is 2.29. The molecule has 34 heavy (non-hydrogen) atoms. The number of aliphatic carboxylic acids is 1. The van der Waals surface area contributed by atoms with Gasteiger partial charge in [-0.25, -0.2) is 9.18 Å². The maximum Gasteiger partial charge on any atom is 0.410 e. The Kier molecular flexibility index (Phi) is 7.99. The van der Waals surface area contributed by atoms with E-state index >= 15 is 0 Å². The zero-order chi connectivity index (χ0) is 24.2. The average molecular weight is 510 g/mol. The number of thiophene rings is 1. The average Bonchev–Trinajstić information content (AvgIpc) is 3.48. The van der Waals surface area contributed by atoms with Crippen molar-refractivity contribution in [3.8, 4) is 16.2 Å². The summed E-state index contributed by atoms with van der Waals surface area (Å²) in [4.78, 5) is 26.1. The molecular formula is C25H29ClFNO5S. The molecule has 2 aliphatic carbocycles. The van der Waals surface area contributed by atoms with Crippen LogP contribution in [0, 0.1) is 11.7 Å². The molecule has 2 atom stereocenters. The molecule has 4 rings (SSSR count). The number of rotatable bonds is 7. The zero-order valence-corrected chi connectivity index (χ0v) is 20.7. The third-order valence-electron chi connectivity index (χ3n) is 6.75. The van der Waals surface area contributed by atoms with Gasteiger partial charge < -0.3 is 19.5 Å². The first-order chi connectivity index (χ1) is 16.3. The van der Waals surface area contributed by atoms with Gasteiger partial charge in [0.15, 0.2) is 11.6 Å². The SMILES string of the molecule is CN(C(=O)OCc1cc(Cl)sc1-c1ccc(O[C@H]2CCC[C@H](C(=O)O)C2)c(F)c1)C1CCCC1. The summed E-state index contributed by atoms with van der Waals surface area (Å²) in [6.45, 7) is 0.0486. The molecule has 0 saturated heterocycles. The summed E-state index contributed by atoms with van der Waals surface area (Å²) in [5.74, 6) is -1.70. The van der Waals surface area contributed by atoms with Gasteiger partial charge >= 0.3 is 12.1 Å². The minimum atomic E-state index is -0.832. The van der Waals surface area contributed by atoms with Crippen molar-refractivity contribution in [1.29, 1.82) is 0 Å². The molecule has 0 spiro atoms. The van der Waals surface area contributed by atoms with Crippen molar-refractivity contribution >= 4 is 35.0 Å². The molecule has 2 fully saturated rings. The fourth-order valence-electron chi connectivity index (χ4n) is 4.82. The van der Waals surface area contributed by atoms with E-state index in [1.54, 1.807) is 30.1 Å². The minimum absolute atomic E-state index is 0.0486. The molecule has 1 amide bonds. The Morgan fingerprint density at radius 3 is 2.65 bits per heavy atom. The van der Waals surface area contributed by atoms with Crippen LogP contribution in [0.15, 0.2) is 24.3 Å². The molecule has 0 unspecified atom stereocenters. The molecule has 0 aliphatic heterocycles. The lowest BCUT2D eigenvalue weighted by atomic mass is 9.87. The van der Waals surface area contributed by atoms with Gasteiger partial charge in [0, 0.05) is 23.5 Å². The highest BCUT2D eigenvalue weighted by Crippen LogP contribution is 2.38. The van der Waals surface area contributed by atoms with Crippen LogP contribution in [0.1, 0.15) is 56.9 Å². The van der Waals surface area contributed by atoms with Gasteiger partial charge in [0.2, 0.25) is 0 Å². The van der Waals surface area contributed by atoms with Gasteiger partial charge in [0.1, 0.15) is 6.61 Å². The Bertz CT molecular complexity index is 1040. The topological polar surface area (TPSA) is 76.1 Å². The molecule has 2 aromatic rings. The highest BCUT2D eigenvalue weighted by molar-refractivity contribution is 7.19. The standard InChI is InChI=1S/C25H29ClFNO5S/c1-28(18-6-2-3-7-18)25(31)32-14-17-13-22(26)34-23(17)15-9-10-21(20(27)12-15)33-19-8-4-5-16(11-19)24(29)30/h9-10,12-13,16,18-19H,2-8,11,14H2,1H3,(H,29,30)/t16-,19-/m0/s1. The molecule has 9 heteroatoms. The second-order valence-corrected chi connectivity index (χ2v) is 10.8. The molecule has 6 nitrogen and oxygen atoms in total. The lowest BCUT2D eigenvalue weighted by molar-refractivity contribution is -0.143. The van der Waals surface area contributed by atoms with E-state index in [1.807, 2.05) is 0 Å². The third kappa shape index (κ3) is 5.84. The molecule has 1 N–H and O–H groups in total. The van der Waals surface area contributed by atoms with Crippen LogP contribution in [0.3, 0.4) is 0 Å². The van der Waals surface area contributed by atoms with E-state index in [4.69, 9.17) is 21.1 Å². The van der Waals surface area contributed by atoms with Crippen LogP contribution >= 0.6 is 22.9 Å². The molecule has 2 aliphatic rings. The third-order valence-corrected chi connectivity index (χ3v) is 8.11. The molecule has 0 bridgehead atoms. The minimum Gasteiger partial charge on any atom is -0.487 e. The molecular weight excluding hydrogens is 481 g/mol. The van der Waals surface area contributed by atoms with Gasteiger partial charge in [-0.3, -0.25) is 4.79 Å². The second kappa shape index (κ2) is 11.0. The van der Waals surface area contributed by atoms with Crippen molar-refractivity contribution in [1.82, 2.24) is 4.90 Å². The van der Waals surface area contributed by atoms with Gasteiger partial charge in [0.05, 0.1) is 16.4 Å². The predicted octanol–water partition coefficient (Wildman–Crippen LogP) is 6.74. The number of hydrogen-bond acceptors (Lipinski definition) is 5. The van der Waals surface area contributed by atoms with E-state index < -0.39 is 17.7 Å². The van der Waals surface area contributed by atoms with Crippen molar-refractivity contribution in [3.05, 3.63) is 40.0 Å². The van der Waals surface area contributed by atoms with E-state index in [1.165, 1.54) is 17.4 Å². The Hall–Kier alpha value is -2.32. The summed E-state index contributed by atoms with van der Waals surface area (Å²) >= 11 is 7.53. The fourth-order valence-corrected chi connectivity index (χ4v) is 6.08. The van der Waals surface area contributed by atoms with E-state index in [2.05, 4.69) is 0 Å². The monoisotopic (exact) mass is 509 g/mol. The number of halogens is 2. The van der Waals surface area contributed by atoms with Crippen molar-refractivity contribution in [2.45, 2.75) is 70.1 Å². The number of ether oxygens (including phenoxy) is 2. The summed E-state index contributed by atoms with van der Waals surface area (Å²) in [6, 6.07) is 6.64. The Morgan fingerprint density at radius 1 is 1.18 bits per heavy atom. The Balaban J connectivity index is 1.42. The number of benzene rings is 1. The largest absolute Gasteiger partial charge is 0.487 e. The first-order valence-electron chi connectivity index (χ1n) is 11.7. The van der Waals surface area contributed by atoms with Gasteiger partial charge in [-0.05, 0) is 68.4 Å². The maximum atomic E-state index is 14.9. The number of amides is 1. The number of hydrogen-bond donors (Lipinski definition) is 1. The van der Waals surface area contributed by atoms with E-state index in [0.717, 1.165) is 37.0 Å². The Labute approximate surface area is 207 Å². The summed E-state index contributed by atoms with van der Waals surface area (Å²) in [7, 11) is 1.76. The normalized spacial score (nSPS) is 20.8. The number of nitrogens with zero attached hydrogens (tertiary/aromatic N) is 1. The van der Waals surface area contributed by atoms with Crippen LogP contribution in [0.2, 0.25) is 4.34 Å². The van der Waals surface area contributed by atoms with Crippen LogP contribution in [0.5, 0.6) is 5.75 Å². The molecule has 2 saturated carbocycles. The van der Waals surface area contributed by atoms with Crippen molar-refractivity contribution < 1.29 is 28.6 Å². The van der Waals surface area contributed by atoms with Gasteiger partial charge in [-0.1, -0.05) is 24.4 Å². The van der Waals surface area contributed by atoms with Crippen molar-refractivity contribution in [3.63, 3.8) is 0 Å². The van der Waals surface area contributed by atoms with Crippen LogP contribution in [-0.2, 0) is 16.1 Å². The predicted molar refractivity (Wildman–Crippen MR) is 129 cm³/mol. The zero-order valence-electron chi connectivity index (χ0n) is 19.1. The number of carbonyl (C=O) groups excluding carboxylic acids is 1. The van der Waals surface area contributed by atoms with Crippen molar-refractivity contribution in [2.24, 2.45) is 5.92 Å². The van der Waals surface area contributed by atoms with Crippen molar-refractivity contribution in [2.75, 3.05) is 7.05 Å². The summed E-state index contributed by atoms with van der Waals surface area (Å²) in [5, 5.41) is 9.26. The number of carbonyl (C=O) groups is 2. The maximum absolute atomic E-state index is 14.9.